The zero-order valence-corrected chi connectivity index (χ0v) is 12.3. The maximum absolute atomic E-state index is 6.54. The molecule has 2 rings (SSSR count). The van der Waals surface area contributed by atoms with Crippen LogP contribution in [0.15, 0.2) is 12.1 Å². The fourth-order valence-electron chi connectivity index (χ4n) is 2.12. The van der Waals surface area contributed by atoms with Gasteiger partial charge >= 0.3 is 0 Å². The number of hydrogen-bond acceptors (Lipinski definition) is 0. The van der Waals surface area contributed by atoms with Gasteiger partial charge in [0, 0.05) is 10.0 Å². The second-order valence-electron chi connectivity index (χ2n) is 5.61. The lowest BCUT2D eigenvalue weighted by molar-refractivity contribution is 0.534. The number of benzene rings is 1. The van der Waals surface area contributed by atoms with Crippen molar-refractivity contribution in [1.82, 2.24) is 0 Å². The Bertz CT molecular complexity index is 406. The van der Waals surface area contributed by atoms with Crippen molar-refractivity contribution in [3.05, 3.63) is 33.3 Å². The number of hydrogen-bond donors (Lipinski definition) is 0. The lowest BCUT2D eigenvalue weighted by atomic mass is 9.88. The molecule has 0 bridgehead atoms. The minimum Gasteiger partial charge on any atom is -0.0840 e. The van der Waals surface area contributed by atoms with Gasteiger partial charge in [-0.2, -0.15) is 0 Å². The van der Waals surface area contributed by atoms with E-state index in [0.29, 0.717) is 11.8 Å². The highest BCUT2D eigenvalue weighted by molar-refractivity contribution is 6.36. The zero-order valence-electron chi connectivity index (χ0n) is 10.8. The summed E-state index contributed by atoms with van der Waals surface area (Å²) < 4.78 is 0. The first kappa shape index (κ1) is 13.2. The van der Waals surface area contributed by atoms with E-state index in [1.165, 1.54) is 24.0 Å². The van der Waals surface area contributed by atoms with Crippen LogP contribution in [0.3, 0.4) is 0 Å². The Morgan fingerprint density at radius 1 is 1.18 bits per heavy atom. The van der Waals surface area contributed by atoms with Crippen molar-refractivity contribution in [2.45, 2.75) is 46.0 Å². The summed E-state index contributed by atoms with van der Waals surface area (Å²) in [6.45, 7) is 6.70. The highest BCUT2D eigenvalue weighted by Gasteiger charge is 2.25. The monoisotopic (exact) mass is 270 g/mol. The molecule has 1 aliphatic rings. The van der Waals surface area contributed by atoms with Crippen LogP contribution in [-0.4, -0.2) is 0 Å². The Labute approximate surface area is 114 Å². The van der Waals surface area contributed by atoms with Gasteiger partial charge in [-0.25, -0.2) is 0 Å². The fraction of sp³-hybridized carbons (Fsp3) is 0.600. The maximum atomic E-state index is 6.54. The summed E-state index contributed by atoms with van der Waals surface area (Å²) in [5.41, 5.74) is 2.42. The summed E-state index contributed by atoms with van der Waals surface area (Å²) in [6, 6.07) is 4.10. The Morgan fingerprint density at radius 3 is 2.35 bits per heavy atom. The van der Waals surface area contributed by atoms with Gasteiger partial charge in [-0.1, -0.05) is 50.0 Å². The van der Waals surface area contributed by atoms with Crippen LogP contribution in [-0.2, 0) is 6.42 Å². The minimum absolute atomic E-state index is 0.484. The topological polar surface area (TPSA) is 0 Å². The summed E-state index contributed by atoms with van der Waals surface area (Å²) in [5, 5.41) is 1.74. The molecule has 1 aromatic rings. The van der Waals surface area contributed by atoms with Crippen molar-refractivity contribution in [2.75, 3.05) is 0 Å². The van der Waals surface area contributed by atoms with E-state index in [4.69, 9.17) is 23.2 Å². The average molecular weight is 271 g/mol. The van der Waals surface area contributed by atoms with Crippen LogP contribution in [0, 0.1) is 11.8 Å². The van der Waals surface area contributed by atoms with Crippen molar-refractivity contribution in [2.24, 2.45) is 11.8 Å². The van der Waals surface area contributed by atoms with Gasteiger partial charge in [-0.05, 0) is 54.2 Å². The molecular weight excluding hydrogens is 251 g/mol. The fourth-order valence-corrected chi connectivity index (χ4v) is 2.82. The van der Waals surface area contributed by atoms with E-state index < -0.39 is 0 Å². The van der Waals surface area contributed by atoms with Crippen LogP contribution in [0.25, 0.3) is 0 Å². The standard InChI is InChI=1S/C15H20Cl2/c1-9(2)10(3)12-6-7-14(16)13(15(12)17)8-11-4-5-11/h6-7,9-11H,4-5,8H2,1-3H3. The van der Waals surface area contributed by atoms with Gasteiger partial charge in [0.15, 0.2) is 0 Å². The first-order valence-corrected chi connectivity index (χ1v) is 7.23. The van der Waals surface area contributed by atoms with E-state index in [1.54, 1.807) is 0 Å². The highest BCUT2D eigenvalue weighted by Crippen LogP contribution is 2.40. The molecule has 0 aromatic heterocycles. The minimum atomic E-state index is 0.484. The Kier molecular flexibility index (Phi) is 4.05. The summed E-state index contributed by atoms with van der Waals surface area (Å²) in [4.78, 5) is 0. The molecule has 0 saturated heterocycles. The molecule has 1 saturated carbocycles. The van der Waals surface area contributed by atoms with Gasteiger partial charge < -0.3 is 0 Å². The van der Waals surface area contributed by atoms with Crippen LogP contribution in [0.5, 0.6) is 0 Å². The van der Waals surface area contributed by atoms with E-state index in [2.05, 4.69) is 26.8 Å². The van der Waals surface area contributed by atoms with Crippen molar-refractivity contribution >= 4 is 23.2 Å². The van der Waals surface area contributed by atoms with Crippen LogP contribution >= 0.6 is 23.2 Å². The molecule has 0 N–H and O–H groups in total. The molecule has 1 atom stereocenters. The van der Waals surface area contributed by atoms with Crippen molar-refractivity contribution in [3.8, 4) is 0 Å². The smallest absolute Gasteiger partial charge is 0.0487 e. The summed E-state index contributed by atoms with van der Waals surface area (Å²) >= 11 is 12.8. The SMILES string of the molecule is CC(C)C(C)c1ccc(Cl)c(CC2CC2)c1Cl. The van der Waals surface area contributed by atoms with Gasteiger partial charge in [0.1, 0.15) is 0 Å². The molecule has 1 fully saturated rings. The van der Waals surface area contributed by atoms with Gasteiger partial charge in [-0.3, -0.25) is 0 Å². The van der Waals surface area contributed by atoms with Gasteiger partial charge in [-0.15, -0.1) is 0 Å². The molecule has 1 unspecified atom stereocenters. The zero-order chi connectivity index (χ0) is 12.6. The van der Waals surface area contributed by atoms with Crippen LogP contribution in [0.4, 0.5) is 0 Å². The molecule has 1 aliphatic carbocycles. The van der Waals surface area contributed by atoms with E-state index in [0.717, 1.165) is 22.4 Å². The van der Waals surface area contributed by atoms with Crippen molar-refractivity contribution < 1.29 is 0 Å². The van der Waals surface area contributed by atoms with Gasteiger partial charge in [0.25, 0.3) is 0 Å². The van der Waals surface area contributed by atoms with Crippen molar-refractivity contribution in [1.29, 1.82) is 0 Å². The highest BCUT2D eigenvalue weighted by atomic mass is 35.5. The summed E-state index contributed by atoms with van der Waals surface area (Å²) in [6.07, 6.45) is 3.71. The molecule has 2 heteroatoms. The predicted molar refractivity (Wildman–Crippen MR) is 76.1 cm³/mol. The molecule has 17 heavy (non-hydrogen) atoms. The van der Waals surface area contributed by atoms with Gasteiger partial charge in [0.05, 0.1) is 0 Å². The summed E-state index contributed by atoms with van der Waals surface area (Å²) in [7, 11) is 0. The lowest BCUT2D eigenvalue weighted by Gasteiger charge is -2.20. The van der Waals surface area contributed by atoms with E-state index >= 15 is 0 Å². The predicted octanol–water partition coefficient (Wildman–Crippen LogP) is 5.71. The lowest BCUT2D eigenvalue weighted by Crippen LogP contribution is -2.05. The Morgan fingerprint density at radius 2 is 1.82 bits per heavy atom. The maximum Gasteiger partial charge on any atom is 0.0487 e. The normalized spacial score (nSPS) is 17.5. The Balaban J connectivity index is 2.33. The molecule has 0 radical (unpaired) electrons. The van der Waals surface area contributed by atoms with E-state index in [1.807, 2.05) is 6.07 Å². The van der Waals surface area contributed by atoms with Crippen LogP contribution in [0.2, 0.25) is 10.0 Å². The molecule has 1 aromatic carbocycles. The molecule has 0 spiro atoms. The number of rotatable bonds is 4. The van der Waals surface area contributed by atoms with Gasteiger partial charge in [0.2, 0.25) is 0 Å². The molecule has 0 nitrogen and oxygen atoms in total. The van der Waals surface area contributed by atoms with Crippen LogP contribution < -0.4 is 0 Å². The molecule has 0 aliphatic heterocycles. The van der Waals surface area contributed by atoms with Crippen molar-refractivity contribution in [3.63, 3.8) is 0 Å². The molecular formula is C15H20Cl2. The second-order valence-corrected chi connectivity index (χ2v) is 6.39. The first-order chi connectivity index (χ1) is 8.00. The molecule has 0 heterocycles. The molecule has 0 amide bonds. The quantitative estimate of drug-likeness (QED) is 0.658. The largest absolute Gasteiger partial charge is 0.0840 e. The second kappa shape index (κ2) is 5.20. The van der Waals surface area contributed by atoms with Crippen LogP contribution in [0.1, 0.15) is 50.7 Å². The Hall–Kier alpha value is -0.200. The average Bonchev–Trinajstić information content (AvgIpc) is 3.07. The third kappa shape index (κ3) is 2.98. The first-order valence-electron chi connectivity index (χ1n) is 6.47. The molecule has 94 valence electrons. The third-order valence-corrected chi connectivity index (χ3v) is 4.70. The third-order valence-electron chi connectivity index (χ3n) is 3.90. The summed E-state index contributed by atoms with van der Waals surface area (Å²) in [5.74, 6) is 1.90. The van der Waals surface area contributed by atoms with E-state index in [-0.39, 0.29) is 0 Å². The number of halogens is 2. The van der Waals surface area contributed by atoms with E-state index in [9.17, 15) is 0 Å².